The molecule has 0 amide bonds. The minimum atomic E-state index is 1.08. The smallest absolute Gasteiger partial charge is 0.0555 e. The van der Waals surface area contributed by atoms with Gasteiger partial charge in [-0.3, -0.25) is 0 Å². The predicted molar refractivity (Wildman–Crippen MR) is 324 cm³/mol. The molecule has 0 saturated heterocycles. The highest BCUT2D eigenvalue weighted by atomic mass is 32.1. The third-order valence-corrected chi connectivity index (χ3v) is 16.6. The van der Waals surface area contributed by atoms with E-state index in [1.54, 1.807) is 0 Å². The molecule has 0 aliphatic heterocycles. The summed E-state index contributed by atoms with van der Waals surface area (Å²) in [5.41, 5.74) is 19.9. The molecule has 15 rings (SSSR count). The van der Waals surface area contributed by atoms with Gasteiger partial charge in [0.15, 0.2) is 0 Å². The predicted octanol–water partition coefficient (Wildman–Crippen LogP) is 20.4. The Bertz CT molecular complexity index is 4570. The van der Waals surface area contributed by atoms with Crippen molar-refractivity contribution in [1.82, 2.24) is 9.13 Å². The van der Waals surface area contributed by atoms with E-state index in [0.29, 0.717) is 0 Å². The Hall–Kier alpha value is -9.74. The monoisotopic (exact) mass is 985 g/mol. The lowest BCUT2D eigenvalue weighted by Crippen LogP contribution is -2.10. The third-order valence-electron chi connectivity index (χ3n) is 15.4. The second kappa shape index (κ2) is 18.0. The van der Waals surface area contributed by atoms with Gasteiger partial charge in [0, 0.05) is 64.3 Å². The summed E-state index contributed by atoms with van der Waals surface area (Å²) in [6.07, 6.45) is 0. The van der Waals surface area contributed by atoms with E-state index in [4.69, 9.17) is 0 Å². The van der Waals surface area contributed by atoms with Gasteiger partial charge in [-0.2, -0.15) is 0 Å². The van der Waals surface area contributed by atoms with E-state index in [2.05, 4.69) is 299 Å². The van der Waals surface area contributed by atoms with Gasteiger partial charge in [-0.15, -0.1) is 11.3 Å². The summed E-state index contributed by atoms with van der Waals surface area (Å²) < 4.78 is 7.36. The first-order valence-electron chi connectivity index (χ1n) is 26.0. The van der Waals surface area contributed by atoms with Gasteiger partial charge < -0.3 is 14.0 Å². The fourth-order valence-corrected chi connectivity index (χ4v) is 13.1. The minimum Gasteiger partial charge on any atom is -0.310 e. The molecule has 0 saturated carbocycles. The molecule has 0 radical (unpaired) electrons. The minimum absolute atomic E-state index is 1.08. The lowest BCUT2D eigenvalue weighted by Gasteiger charge is -2.27. The van der Waals surface area contributed by atoms with Crippen molar-refractivity contribution in [1.29, 1.82) is 0 Å². The van der Waals surface area contributed by atoms with Gasteiger partial charge in [0.05, 0.1) is 33.4 Å². The quantitative estimate of drug-likeness (QED) is 0.140. The second-order valence-electron chi connectivity index (χ2n) is 19.6. The summed E-state index contributed by atoms with van der Waals surface area (Å²) in [6.45, 7) is 0. The first-order chi connectivity index (χ1) is 37.7. The van der Waals surface area contributed by atoms with E-state index in [9.17, 15) is 0 Å². The molecule has 12 aromatic carbocycles. The van der Waals surface area contributed by atoms with Crippen LogP contribution in [0.25, 0.3) is 120 Å². The SMILES string of the molecule is c1ccc(-c2ccc(-c3ccc(N(c4ccc(-c5cccc(-n6c7ccccc7c7ccccc76)c5)cc4)c4ccc(-c5ccccc5-n5c6ccccc6c6ccccc65)cc4)c4c3sc3ccccc34)cc2)cc1. The van der Waals surface area contributed by atoms with Crippen LogP contribution < -0.4 is 4.90 Å². The van der Waals surface area contributed by atoms with E-state index in [1.165, 1.54) is 91.6 Å². The molecular formula is C72H47N3S. The average Bonchev–Trinajstić information content (AvgIpc) is 4.22. The molecule has 0 aliphatic carbocycles. The Labute approximate surface area is 444 Å². The molecule has 0 aliphatic rings. The van der Waals surface area contributed by atoms with Crippen LogP contribution in [-0.2, 0) is 0 Å². The van der Waals surface area contributed by atoms with Crippen LogP contribution in [-0.4, -0.2) is 9.13 Å². The Balaban J connectivity index is 0.877. The van der Waals surface area contributed by atoms with Gasteiger partial charge >= 0.3 is 0 Å². The second-order valence-corrected chi connectivity index (χ2v) is 20.7. The molecule has 0 atom stereocenters. The zero-order valence-corrected chi connectivity index (χ0v) is 42.2. The fraction of sp³-hybridized carbons (Fsp3) is 0. The van der Waals surface area contributed by atoms with Crippen molar-refractivity contribution in [2.45, 2.75) is 0 Å². The molecule has 3 aromatic heterocycles. The first kappa shape index (κ1) is 43.8. The summed E-state index contributed by atoms with van der Waals surface area (Å²) in [6, 6.07) is 104. The van der Waals surface area contributed by atoms with E-state index in [-0.39, 0.29) is 0 Å². The van der Waals surface area contributed by atoms with Crippen LogP contribution in [0.3, 0.4) is 0 Å². The molecule has 3 heterocycles. The van der Waals surface area contributed by atoms with Gasteiger partial charge in [0.25, 0.3) is 0 Å². The van der Waals surface area contributed by atoms with Crippen molar-refractivity contribution in [3.8, 4) is 55.9 Å². The van der Waals surface area contributed by atoms with Crippen molar-refractivity contribution >= 4 is 92.2 Å². The summed E-state index contributed by atoms with van der Waals surface area (Å²) in [7, 11) is 0. The lowest BCUT2D eigenvalue weighted by atomic mass is 9.97. The number of para-hydroxylation sites is 5. The van der Waals surface area contributed by atoms with E-state index < -0.39 is 0 Å². The summed E-state index contributed by atoms with van der Waals surface area (Å²) in [4.78, 5) is 2.46. The highest BCUT2D eigenvalue weighted by Gasteiger charge is 2.23. The van der Waals surface area contributed by atoms with Crippen molar-refractivity contribution in [3.63, 3.8) is 0 Å². The van der Waals surface area contributed by atoms with Gasteiger partial charge in [-0.05, 0) is 118 Å². The van der Waals surface area contributed by atoms with E-state index in [1.807, 2.05) is 11.3 Å². The Morgan fingerprint density at radius 2 is 0.737 bits per heavy atom. The van der Waals surface area contributed by atoms with Crippen LogP contribution in [0.2, 0.25) is 0 Å². The van der Waals surface area contributed by atoms with Crippen LogP contribution in [0.15, 0.2) is 285 Å². The van der Waals surface area contributed by atoms with Crippen LogP contribution >= 0.6 is 11.3 Å². The highest BCUT2D eigenvalue weighted by Crippen LogP contribution is 2.49. The zero-order valence-electron chi connectivity index (χ0n) is 41.4. The van der Waals surface area contributed by atoms with Gasteiger partial charge in [0.2, 0.25) is 0 Å². The Kier molecular flexibility index (Phi) is 10.4. The van der Waals surface area contributed by atoms with Gasteiger partial charge in [0.1, 0.15) is 0 Å². The maximum absolute atomic E-state index is 2.46. The average molecular weight is 986 g/mol. The van der Waals surface area contributed by atoms with Crippen molar-refractivity contribution in [2.75, 3.05) is 4.90 Å². The number of aromatic nitrogens is 2. The molecule has 0 N–H and O–H groups in total. The number of hydrogen-bond acceptors (Lipinski definition) is 2. The number of nitrogens with zero attached hydrogens (tertiary/aromatic N) is 3. The van der Waals surface area contributed by atoms with Crippen LogP contribution in [0.1, 0.15) is 0 Å². The maximum Gasteiger partial charge on any atom is 0.0555 e. The molecule has 4 heteroatoms. The van der Waals surface area contributed by atoms with Crippen molar-refractivity contribution in [3.05, 3.63) is 285 Å². The molecule has 3 nitrogen and oxygen atoms in total. The van der Waals surface area contributed by atoms with Crippen LogP contribution in [0.4, 0.5) is 17.1 Å². The van der Waals surface area contributed by atoms with E-state index >= 15 is 0 Å². The summed E-state index contributed by atoms with van der Waals surface area (Å²) in [5, 5.41) is 7.52. The third kappa shape index (κ3) is 7.18. The normalized spacial score (nSPS) is 11.7. The molecular weight excluding hydrogens is 939 g/mol. The van der Waals surface area contributed by atoms with E-state index in [0.717, 1.165) is 45.1 Å². The van der Waals surface area contributed by atoms with Crippen LogP contribution in [0.5, 0.6) is 0 Å². The topological polar surface area (TPSA) is 13.1 Å². The number of anilines is 3. The number of fused-ring (bicyclic) bond motifs is 9. The fourth-order valence-electron chi connectivity index (χ4n) is 11.8. The first-order valence-corrected chi connectivity index (χ1v) is 26.8. The number of thiophene rings is 1. The van der Waals surface area contributed by atoms with Gasteiger partial charge in [-0.1, -0.05) is 206 Å². The molecule has 0 fully saturated rings. The standard InChI is InChI=1S/C72H47N3S/c1-2-17-48(18-3-1)49-33-35-52(36-34-49)58-45-46-69(71-63-26-9-15-32-70(63)76-72(58)71)73(54-41-37-50(38-42-54)53-19-16-20-56(47-53)74-65-28-11-5-22-59(65)60-23-6-12-29-66(60)74)55-43-39-51(40-44-55)57-21-4-10-27-64(57)75-67-30-13-7-24-61(67)62-25-8-14-31-68(62)75/h1-47H. The molecule has 15 aromatic rings. The zero-order chi connectivity index (χ0) is 50.1. The number of hydrogen-bond donors (Lipinski definition) is 0. The number of rotatable bonds is 9. The maximum atomic E-state index is 2.46. The largest absolute Gasteiger partial charge is 0.310 e. The van der Waals surface area contributed by atoms with Crippen LogP contribution in [0, 0.1) is 0 Å². The molecule has 356 valence electrons. The highest BCUT2D eigenvalue weighted by molar-refractivity contribution is 7.26. The summed E-state index contributed by atoms with van der Waals surface area (Å²) >= 11 is 1.88. The summed E-state index contributed by atoms with van der Waals surface area (Å²) in [5.74, 6) is 0. The molecule has 76 heavy (non-hydrogen) atoms. The Morgan fingerprint density at radius 1 is 0.289 bits per heavy atom. The Morgan fingerprint density at radius 3 is 1.37 bits per heavy atom. The lowest BCUT2D eigenvalue weighted by molar-refractivity contribution is 1.18. The number of benzene rings is 12. The molecule has 0 bridgehead atoms. The molecule has 0 unspecified atom stereocenters. The van der Waals surface area contributed by atoms with Crippen molar-refractivity contribution < 1.29 is 0 Å². The van der Waals surface area contributed by atoms with Crippen molar-refractivity contribution in [2.24, 2.45) is 0 Å². The molecule has 0 spiro atoms. The van der Waals surface area contributed by atoms with Gasteiger partial charge in [-0.25, -0.2) is 0 Å².